The molecule has 29 heavy (non-hydrogen) atoms. The molecule has 0 saturated carbocycles. The van der Waals surface area contributed by atoms with Crippen molar-refractivity contribution in [1.29, 1.82) is 0 Å². The Kier molecular flexibility index (Phi) is 5.49. The first kappa shape index (κ1) is 19.4. The van der Waals surface area contributed by atoms with Crippen molar-refractivity contribution in [3.63, 3.8) is 0 Å². The number of benzene rings is 2. The third-order valence-electron chi connectivity index (χ3n) is 5.78. The number of nitrogens with zero attached hydrogens (tertiary/aromatic N) is 2. The Labute approximate surface area is 169 Å². The van der Waals surface area contributed by atoms with Gasteiger partial charge in [-0.2, -0.15) is 0 Å². The number of likely N-dealkylation sites (N-methyl/N-ethyl adjacent to an activating group) is 1. The second-order valence-electron chi connectivity index (χ2n) is 7.84. The summed E-state index contributed by atoms with van der Waals surface area (Å²) in [5, 5.41) is 5.60. The Morgan fingerprint density at radius 1 is 1.00 bits per heavy atom. The molecule has 0 spiro atoms. The summed E-state index contributed by atoms with van der Waals surface area (Å²) in [5.41, 5.74) is 1.34. The summed E-state index contributed by atoms with van der Waals surface area (Å²) < 4.78 is 13.3. The summed E-state index contributed by atoms with van der Waals surface area (Å²) in [6, 6.07) is 12.6. The minimum Gasteiger partial charge on any atom is -0.322 e. The number of amides is 3. The lowest BCUT2D eigenvalue weighted by Gasteiger charge is -2.36. The number of anilines is 2. The predicted octanol–water partition coefficient (Wildman–Crippen LogP) is 3.64. The quantitative estimate of drug-likeness (QED) is 0.833. The zero-order valence-corrected chi connectivity index (χ0v) is 16.4. The SMILES string of the molecule is CN1CC[C@H]2CCN(C(=O)Nc3cccc(C(=O)Nc4cccc(F)c4)c3)[C@H]2C1. The number of hydrogen-bond acceptors (Lipinski definition) is 3. The van der Waals surface area contributed by atoms with Gasteiger partial charge in [-0.15, -0.1) is 0 Å². The highest BCUT2D eigenvalue weighted by Crippen LogP contribution is 2.31. The maximum absolute atomic E-state index is 13.3. The van der Waals surface area contributed by atoms with Gasteiger partial charge in [-0.05, 0) is 68.8 Å². The fourth-order valence-corrected chi connectivity index (χ4v) is 4.25. The lowest BCUT2D eigenvalue weighted by atomic mass is 9.92. The average Bonchev–Trinajstić information content (AvgIpc) is 3.11. The van der Waals surface area contributed by atoms with Gasteiger partial charge in [0.25, 0.3) is 5.91 Å². The summed E-state index contributed by atoms with van der Waals surface area (Å²) in [5.74, 6) is -0.205. The summed E-state index contributed by atoms with van der Waals surface area (Å²) in [7, 11) is 2.09. The smallest absolute Gasteiger partial charge is 0.322 e. The summed E-state index contributed by atoms with van der Waals surface area (Å²) >= 11 is 0. The van der Waals surface area contributed by atoms with Crippen LogP contribution in [0.4, 0.5) is 20.6 Å². The van der Waals surface area contributed by atoms with Crippen LogP contribution in [-0.4, -0.2) is 54.5 Å². The second-order valence-corrected chi connectivity index (χ2v) is 7.84. The fourth-order valence-electron chi connectivity index (χ4n) is 4.25. The lowest BCUT2D eigenvalue weighted by Crippen LogP contribution is -2.49. The van der Waals surface area contributed by atoms with Gasteiger partial charge in [0, 0.05) is 36.1 Å². The molecule has 2 N–H and O–H groups in total. The van der Waals surface area contributed by atoms with Crippen molar-refractivity contribution in [3.05, 3.63) is 59.9 Å². The zero-order valence-electron chi connectivity index (χ0n) is 16.4. The van der Waals surface area contributed by atoms with Crippen LogP contribution in [-0.2, 0) is 0 Å². The third-order valence-corrected chi connectivity index (χ3v) is 5.78. The Hall–Kier alpha value is -2.93. The molecule has 2 aliphatic rings. The van der Waals surface area contributed by atoms with Gasteiger partial charge in [-0.1, -0.05) is 12.1 Å². The summed E-state index contributed by atoms with van der Waals surface area (Å²) in [4.78, 5) is 29.5. The highest BCUT2D eigenvalue weighted by molar-refractivity contribution is 6.05. The van der Waals surface area contributed by atoms with Crippen LogP contribution in [0, 0.1) is 11.7 Å². The molecule has 0 aliphatic carbocycles. The topological polar surface area (TPSA) is 64.7 Å². The van der Waals surface area contributed by atoms with Crippen molar-refractivity contribution >= 4 is 23.3 Å². The van der Waals surface area contributed by atoms with Gasteiger partial charge in [0.05, 0.1) is 0 Å². The van der Waals surface area contributed by atoms with Crippen LogP contribution in [0.2, 0.25) is 0 Å². The van der Waals surface area contributed by atoms with E-state index in [0.29, 0.717) is 22.9 Å². The van der Waals surface area contributed by atoms with Crippen LogP contribution in [0.25, 0.3) is 0 Å². The molecular weight excluding hydrogens is 371 g/mol. The molecule has 7 heteroatoms. The highest BCUT2D eigenvalue weighted by Gasteiger charge is 2.39. The number of piperidine rings is 1. The van der Waals surface area contributed by atoms with Gasteiger partial charge in [-0.25, -0.2) is 9.18 Å². The van der Waals surface area contributed by atoms with Crippen LogP contribution in [0.1, 0.15) is 23.2 Å². The number of urea groups is 1. The van der Waals surface area contributed by atoms with Gasteiger partial charge < -0.3 is 20.4 Å². The first-order valence-electron chi connectivity index (χ1n) is 9.93. The number of carbonyl (C=O) groups is 2. The predicted molar refractivity (Wildman–Crippen MR) is 111 cm³/mol. The van der Waals surface area contributed by atoms with E-state index in [1.165, 1.54) is 18.2 Å². The molecule has 2 saturated heterocycles. The summed E-state index contributed by atoms with van der Waals surface area (Å²) in [6.07, 6.45) is 2.17. The van der Waals surface area contributed by atoms with Crippen molar-refractivity contribution < 1.29 is 14.0 Å². The van der Waals surface area contributed by atoms with E-state index < -0.39 is 5.82 Å². The number of halogens is 1. The Bertz CT molecular complexity index is 919. The van der Waals surface area contributed by atoms with Gasteiger partial charge in [-0.3, -0.25) is 4.79 Å². The number of nitrogens with one attached hydrogen (secondary N) is 2. The van der Waals surface area contributed by atoms with Crippen LogP contribution in [0.5, 0.6) is 0 Å². The van der Waals surface area contributed by atoms with Gasteiger partial charge in [0.1, 0.15) is 5.82 Å². The Balaban J connectivity index is 1.42. The van der Waals surface area contributed by atoms with Crippen LogP contribution in [0.3, 0.4) is 0 Å². The van der Waals surface area contributed by atoms with Gasteiger partial charge in [0.2, 0.25) is 0 Å². The first-order chi connectivity index (χ1) is 14.0. The molecule has 2 aromatic carbocycles. The summed E-state index contributed by atoms with van der Waals surface area (Å²) in [6.45, 7) is 2.74. The molecule has 0 aromatic heterocycles. The monoisotopic (exact) mass is 396 g/mol. The van der Waals surface area contributed by atoms with Gasteiger partial charge in [0.15, 0.2) is 0 Å². The van der Waals surface area contributed by atoms with Crippen molar-refractivity contribution in [1.82, 2.24) is 9.80 Å². The Morgan fingerprint density at radius 2 is 1.72 bits per heavy atom. The first-order valence-corrected chi connectivity index (χ1v) is 9.93. The number of likely N-dealkylation sites (tertiary alicyclic amines) is 2. The van der Waals surface area contributed by atoms with E-state index in [9.17, 15) is 14.0 Å². The zero-order chi connectivity index (χ0) is 20.4. The maximum atomic E-state index is 13.3. The third kappa shape index (κ3) is 4.40. The lowest BCUT2D eigenvalue weighted by molar-refractivity contribution is 0.102. The van der Waals surface area contributed by atoms with Crippen LogP contribution in [0.15, 0.2) is 48.5 Å². The van der Waals surface area contributed by atoms with Crippen molar-refractivity contribution in [2.45, 2.75) is 18.9 Å². The standard InChI is InChI=1S/C22H25FN4O2/c1-26-10-8-15-9-11-27(20(15)14-26)22(29)25-18-6-2-4-16(12-18)21(28)24-19-7-3-5-17(23)13-19/h2-7,12-13,15,20H,8-11,14H2,1H3,(H,24,28)(H,25,29)/t15-,20-/m0/s1. The molecule has 3 amide bonds. The molecule has 0 unspecified atom stereocenters. The van der Waals surface area contributed by atoms with E-state index >= 15 is 0 Å². The normalized spacial score (nSPS) is 21.5. The van der Waals surface area contributed by atoms with Crippen molar-refractivity contribution in [2.75, 3.05) is 37.3 Å². The largest absolute Gasteiger partial charge is 0.322 e. The molecule has 2 aliphatic heterocycles. The molecule has 0 radical (unpaired) electrons. The maximum Gasteiger partial charge on any atom is 0.322 e. The molecule has 4 rings (SSSR count). The van der Waals surface area contributed by atoms with Crippen LogP contribution >= 0.6 is 0 Å². The molecule has 2 fully saturated rings. The van der Waals surface area contributed by atoms with E-state index in [1.54, 1.807) is 30.3 Å². The van der Waals surface area contributed by atoms with E-state index in [2.05, 4.69) is 22.6 Å². The fraction of sp³-hybridized carbons (Fsp3) is 0.364. The van der Waals surface area contributed by atoms with E-state index in [1.807, 2.05) is 4.90 Å². The molecule has 6 nitrogen and oxygen atoms in total. The molecule has 2 aromatic rings. The number of rotatable bonds is 3. The highest BCUT2D eigenvalue weighted by atomic mass is 19.1. The average molecular weight is 396 g/mol. The van der Waals surface area contributed by atoms with Crippen LogP contribution < -0.4 is 10.6 Å². The van der Waals surface area contributed by atoms with Crippen molar-refractivity contribution in [2.24, 2.45) is 5.92 Å². The van der Waals surface area contributed by atoms with E-state index in [-0.39, 0.29) is 18.0 Å². The molecular formula is C22H25FN4O2. The number of fused-ring (bicyclic) bond motifs is 1. The van der Waals surface area contributed by atoms with E-state index in [4.69, 9.17) is 0 Å². The minimum atomic E-state index is -0.416. The van der Waals surface area contributed by atoms with Gasteiger partial charge >= 0.3 is 6.03 Å². The minimum absolute atomic E-state index is 0.129. The molecule has 2 atom stereocenters. The number of hydrogen-bond donors (Lipinski definition) is 2. The number of carbonyl (C=O) groups excluding carboxylic acids is 2. The van der Waals surface area contributed by atoms with E-state index in [0.717, 1.165) is 32.5 Å². The Morgan fingerprint density at radius 3 is 2.52 bits per heavy atom. The molecule has 2 heterocycles. The molecule has 0 bridgehead atoms. The van der Waals surface area contributed by atoms with Crippen molar-refractivity contribution in [3.8, 4) is 0 Å². The second kappa shape index (κ2) is 8.21. The molecule has 152 valence electrons.